The van der Waals surface area contributed by atoms with Crippen LogP contribution in [0.25, 0.3) is 0 Å². The fourth-order valence-corrected chi connectivity index (χ4v) is 2.84. The van der Waals surface area contributed by atoms with Gasteiger partial charge in [-0.25, -0.2) is 0 Å². The fraction of sp³-hybridized carbons (Fsp3) is 0.923. The van der Waals surface area contributed by atoms with Gasteiger partial charge in [-0.3, -0.25) is 4.79 Å². The van der Waals surface area contributed by atoms with Crippen molar-refractivity contribution >= 4 is 5.97 Å². The molecular formula is C13H23NO3. The summed E-state index contributed by atoms with van der Waals surface area (Å²) in [5.74, 6) is 0.954. The van der Waals surface area contributed by atoms with Gasteiger partial charge >= 0.3 is 5.97 Å². The number of hydrogen-bond acceptors (Lipinski definition) is 3. The summed E-state index contributed by atoms with van der Waals surface area (Å²) < 4.78 is 5.29. The monoisotopic (exact) mass is 241 g/mol. The average molecular weight is 241 g/mol. The van der Waals surface area contributed by atoms with Crippen LogP contribution in [0.1, 0.15) is 26.2 Å². The van der Waals surface area contributed by atoms with Gasteiger partial charge in [0.05, 0.1) is 5.41 Å². The highest BCUT2D eigenvalue weighted by Gasteiger charge is 2.42. The van der Waals surface area contributed by atoms with Gasteiger partial charge in [0, 0.05) is 26.3 Å². The summed E-state index contributed by atoms with van der Waals surface area (Å²) >= 11 is 0. The van der Waals surface area contributed by atoms with Gasteiger partial charge in [-0.05, 0) is 38.1 Å². The molecule has 0 aromatic heterocycles. The number of ether oxygens (including phenoxy) is 1. The summed E-state index contributed by atoms with van der Waals surface area (Å²) in [6.45, 7) is 5.13. The van der Waals surface area contributed by atoms with Crippen LogP contribution in [0.5, 0.6) is 0 Å². The molecule has 4 nitrogen and oxygen atoms in total. The van der Waals surface area contributed by atoms with Crippen molar-refractivity contribution in [1.29, 1.82) is 0 Å². The Morgan fingerprint density at radius 1 is 1.47 bits per heavy atom. The molecule has 2 aliphatic rings. The lowest BCUT2D eigenvalue weighted by molar-refractivity contribution is -0.156. The number of carboxylic acids is 1. The van der Waals surface area contributed by atoms with Gasteiger partial charge in [0.25, 0.3) is 0 Å². The molecule has 2 unspecified atom stereocenters. The average Bonchev–Trinajstić information content (AvgIpc) is 2.95. The molecule has 1 saturated heterocycles. The van der Waals surface area contributed by atoms with E-state index >= 15 is 0 Å². The maximum absolute atomic E-state index is 11.5. The number of carbonyl (C=O) groups is 1. The van der Waals surface area contributed by atoms with E-state index in [4.69, 9.17) is 4.74 Å². The van der Waals surface area contributed by atoms with Crippen molar-refractivity contribution in [2.45, 2.75) is 26.2 Å². The molecular weight excluding hydrogens is 218 g/mol. The molecule has 0 radical (unpaired) electrons. The summed E-state index contributed by atoms with van der Waals surface area (Å²) in [5, 5.41) is 9.46. The Kier molecular flexibility index (Phi) is 3.73. The predicted octanol–water partition coefficient (Wildman–Crippen LogP) is 1.46. The van der Waals surface area contributed by atoms with E-state index in [1.165, 1.54) is 6.42 Å². The number of aliphatic carboxylic acids is 1. The Morgan fingerprint density at radius 2 is 2.06 bits per heavy atom. The lowest BCUT2D eigenvalue weighted by Crippen LogP contribution is -2.46. The van der Waals surface area contributed by atoms with Crippen LogP contribution in [-0.4, -0.2) is 49.3 Å². The molecule has 1 N–H and O–H groups in total. The molecule has 0 spiro atoms. The molecule has 0 aromatic rings. The standard InChI is InChI=1S/C13H23NO3/c1-10-7-11(10)8-14(2)9-13(12(15)16)3-5-17-6-4-13/h10-11H,3-9H2,1-2H3,(H,15,16). The number of rotatable bonds is 5. The van der Waals surface area contributed by atoms with E-state index in [0.29, 0.717) is 32.6 Å². The third kappa shape index (κ3) is 2.99. The minimum atomic E-state index is -0.656. The molecule has 1 aliphatic carbocycles. The van der Waals surface area contributed by atoms with E-state index in [1.807, 2.05) is 7.05 Å². The van der Waals surface area contributed by atoms with Crippen LogP contribution in [0, 0.1) is 17.3 Å². The summed E-state index contributed by atoms with van der Waals surface area (Å²) in [6.07, 6.45) is 2.59. The minimum absolute atomic E-state index is 0.578. The molecule has 2 fully saturated rings. The van der Waals surface area contributed by atoms with Gasteiger partial charge in [0.2, 0.25) is 0 Å². The highest BCUT2D eigenvalue weighted by Crippen LogP contribution is 2.39. The second kappa shape index (κ2) is 4.94. The van der Waals surface area contributed by atoms with Crippen molar-refractivity contribution in [2.24, 2.45) is 17.3 Å². The molecule has 4 heteroatoms. The fourth-order valence-electron chi connectivity index (χ4n) is 2.84. The molecule has 17 heavy (non-hydrogen) atoms. The second-order valence-corrected chi connectivity index (χ2v) is 5.87. The first-order valence-corrected chi connectivity index (χ1v) is 6.53. The summed E-state index contributed by atoms with van der Waals surface area (Å²) in [5.41, 5.74) is -0.578. The van der Waals surface area contributed by atoms with Crippen LogP contribution >= 0.6 is 0 Å². The molecule has 2 rings (SSSR count). The highest BCUT2D eigenvalue weighted by molar-refractivity contribution is 5.75. The lowest BCUT2D eigenvalue weighted by Gasteiger charge is -2.36. The molecule has 1 saturated carbocycles. The maximum Gasteiger partial charge on any atom is 0.311 e. The van der Waals surface area contributed by atoms with Crippen molar-refractivity contribution in [2.75, 3.05) is 33.4 Å². The Labute approximate surface area is 103 Å². The smallest absolute Gasteiger partial charge is 0.311 e. The van der Waals surface area contributed by atoms with E-state index in [-0.39, 0.29) is 0 Å². The lowest BCUT2D eigenvalue weighted by atomic mass is 9.80. The predicted molar refractivity (Wildman–Crippen MR) is 64.9 cm³/mol. The van der Waals surface area contributed by atoms with E-state index in [1.54, 1.807) is 0 Å². The van der Waals surface area contributed by atoms with Gasteiger partial charge < -0.3 is 14.7 Å². The number of carboxylic acid groups (broad SMARTS) is 1. The molecule has 98 valence electrons. The summed E-state index contributed by atoms with van der Waals surface area (Å²) in [6, 6.07) is 0. The first-order chi connectivity index (χ1) is 8.03. The van der Waals surface area contributed by atoms with Gasteiger partial charge in [-0.1, -0.05) is 6.92 Å². The SMILES string of the molecule is CC1CC1CN(C)CC1(C(=O)O)CCOCC1. The van der Waals surface area contributed by atoms with Gasteiger partial charge in [-0.15, -0.1) is 0 Å². The van der Waals surface area contributed by atoms with Crippen molar-refractivity contribution in [3.8, 4) is 0 Å². The van der Waals surface area contributed by atoms with Crippen molar-refractivity contribution < 1.29 is 14.6 Å². The van der Waals surface area contributed by atoms with Crippen LogP contribution in [0.4, 0.5) is 0 Å². The highest BCUT2D eigenvalue weighted by atomic mass is 16.5. The molecule has 0 amide bonds. The largest absolute Gasteiger partial charge is 0.481 e. The Bertz CT molecular complexity index is 286. The van der Waals surface area contributed by atoms with E-state index in [2.05, 4.69) is 11.8 Å². The topological polar surface area (TPSA) is 49.8 Å². The Morgan fingerprint density at radius 3 is 2.53 bits per heavy atom. The van der Waals surface area contributed by atoms with E-state index in [0.717, 1.165) is 18.4 Å². The van der Waals surface area contributed by atoms with Crippen LogP contribution in [0.15, 0.2) is 0 Å². The third-order valence-corrected chi connectivity index (χ3v) is 4.30. The van der Waals surface area contributed by atoms with Crippen LogP contribution in [-0.2, 0) is 9.53 Å². The van der Waals surface area contributed by atoms with Crippen molar-refractivity contribution in [3.63, 3.8) is 0 Å². The van der Waals surface area contributed by atoms with Crippen LogP contribution in [0.3, 0.4) is 0 Å². The zero-order chi connectivity index (χ0) is 12.5. The maximum atomic E-state index is 11.5. The van der Waals surface area contributed by atoms with Gasteiger partial charge in [0.1, 0.15) is 0 Å². The van der Waals surface area contributed by atoms with Crippen LogP contribution < -0.4 is 0 Å². The quantitative estimate of drug-likeness (QED) is 0.791. The number of nitrogens with zero attached hydrogens (tertiary/aromatic N) is 1. The van der Waals surface area contributed by atoms with Crippen LogP contribution in [0.2, 0.25) is 0 Å². The summed E-state index contributed by atoms with van der Waals surface area (Å²) in [7, 11) is 2.05. The Balaban J connectivity index is 1.90. The first kappa shape index (κ1) is 12.8. The summed E-state index contributed by atoms with van der Waals surface area (Å²) in [4.78, 5) is 13.7. The normalized spacial score (nSPS) is 31.5. The molecule has 0 bridgehead atoms. The Hall–Kier alpha value is -0.610. The first-order valence-electron chi connectivity index (χ1n) is 6.53. The molecule has 0 aromatic carbocycles. The van der Waals surface area contributed by atoms with Gasteiger partial charge in [-0.2, -0.15) is 0 Å². The van der Waals surface area contributed by atoms with Gasteiger partial charge in [0.15, 0.2) is 0 Å². The third-order valence-electron chi connectivity index (χ3n) is 4.30. The van der Waals surface area contributed by atoms with E-state index in [9.17, 15) is 9.90 Å². The zero-order valence-electron chi connectivity index (χ0n) is 10.8. The molecule has 1 heterocycles. The number of hydrogen-bond donors (Lipinski definition) is 1. The minimum Gasteiger partial charge on any atom is -0.481 e. The van der Waals surface area contributed by atoms with Crippen molar-refractivity contribution in [1.82, 2.24) is 4.90 Å². The zero-order valence-corrected chi connectivity index (χ0v) is 10.8. The van der Waals surface area contributed by atoms with Crippen molar-refractivity contribution in [3.05, 3.63) is 0 Å². The van der Waals surface area contributed by atoms with E-state index < -0.39 is 11.4 Å². The molecule has 2 atom stereocenters. The molecule has 1 aliphatic heterocycles. The second-order valence-electron chi connectivity index (χ2n) is 5.87.